The Balaban J connectivity index is 1.41. The first-order valence-electron chi connectivity index (χ1n) is 10.7. The SMILES string of the molecule is Cc1nc(-c2n[nH]cc2-c2ccc3ncc(-c4cc5c(nn4)CCNC5)cc3n2)ccc1F. The Bertz CT molecular complexity index is 1510. The molecule has 1 aliphatic heterocycles. The second-order valence-corrected chi connectivity index (χ2v) is 8.00. The predicted octanol–water partition coefficient (Wildman–Crippen LogP) is 3.63. The van der Waals surface area contributed by atoms with Crippen molar-refractivity contribution in [3.63, 3.8) is 0 Å². The summed E-state index contributed by atoms with van der Waals surface area (Å²) in [6.45, 7) is 3.35. The van der Waals surface area contributed by atoms with Crippen LogP contribution in [0.5, 0.6) is 0 Å². The van der Waals surface area contributed by atoms with Gasteiger partial charge in [0.05, 0.1) is 39.5 Å². The number of aromatic amines is 1. The number of fused-ring (bicyclic) bond motifs is 2. The minimum absolute atomic E-state index is 0.322. The van der Waals surface area contributed by atoms with Gasteiger partial charge in [-0.2, -0.15) is 15.3 Å². The van der Waals surface area contributed by atoms with E-state index >= 15 is 0 Å². The molecule has 1 aliphatic rings. The quantitative estimate of drug-likeness (QED) is 0.443. The van der Waals surface area contributed by atoms with Crippen molar-refractivity contribution in [2.45, 2.75) is 19.9 Å². The summed E-state index contributed by atoms with van der Waals surface area (Å²) in [7, 11) is 0. The van der Waals surface area contributed by atoms with Crippen LogP contribution in [-0.4, -0.2) is 41.9 Å². The van der Waals surface area contributed by atoms with E-state index in [1.165, 1.54) is 6.07 Å². The van der Waals surface area contributed by atoms with E-state index in [1.807, 2.05) is 18.2 Å². The second-order valence-electron chi connectivity index (χ2n) is 8.00. The molecular formula is C24H19FN8. The lowest BCUT2D eigenvalue weighted by Gasteiger charge is -2.15. The van der Waals surface area contributed by atoms with Gasteiger partial charge < -0.3 is 5.32 Å². The van der Waals surface area contributed by atoms with E-state index in [2.05, 4.69) is 41.7 Å². The lowest BCUT2D eigenvalue weighted by atomic mass is 10.0. The molecule has 6 rings (SSSR count). The van der Waals surface area contributed by atoms with Crippen LogP contribution >= 0.6 is 0 Å². The molecule has 6 heterocycles. The fourth-order valence-electron chi connectivity index (χ4n) is 4.04. The molecule has 0 fully saturated rings. The highest BCUT2D eigenvalue weighted by Gasteiger charge is 2.16. The Morgan fingerprint density at radius 1 is 0.939 bits per heavy atom. The highest BCUT2D eigenvalue weighted by Crippen LogP contribution is 2.30. The first-order valence-corrected chi connectivity index (χ1v) is 10.7. The third-order valence-electron chi connectivity index (χ3n) is 5.83. The molecule has 0 saturated carbocycles. The zero-order chi connectivity index (χ0) is 22.4. The standard InChI is InChI=1S/C24H19FN8/c1-13-17(25)2-3-21(29-13)24-16(12-28-33-24)19-4-5-20-23(30-19)9-15(11-27-20)22-8-14-10-26-7-6-18(14)31-32-22/h2-5,8-9,11-12,26H,6-7,10H2,1H3,(H,28,33). The number of halogens is 1. The molecule has 0 unspecified atom stereocenters. The van der Waals surface area contributed by atoms with Crippen molar-refractivity contribution < 1.29 is 4.39 Å². The molecule has 0 amide bonds. The van der Waals surface area contributed by atoms with Gasteiger partial charge in [0.2, 0.25) is 0 Å². The van der Waals surface area contributed by atoms with Gasteiger partial charge in [0.25, 0.3) is 0 Å². The van der Waals surface area contributed by atoms with Crippen LogP contribution in [0.3, 0.4) is 0 Å². The number of aryl methyl sites for hydroxylation is 1. The number of hydrogen-bond donors (Lipinski definition) is 2. The Labute approximate surface area is 188 Å². The van der Waals surface area contributed by atoms with E-state index in [4.69, 9.17) is 4.98 Å². The van der Waals surface area contributed by atoms with Crippen LogP contribution in [-0.2, 0) is 13.0 Å². The average molecular weight is 438 g/mol. The molecule has 0 aromatic carbocycles. The predicted molar refractivity (Wildman–Crippen MR) is 121 cm³/mol. The van der Waals surface area contributed by atoms with Gasteiger partial charge in [-0.1, -0.05) is 0 Å². The minimum atomic E-state index is -0.348. The molecule has 162 valence electrons. The summed E-state index contributed by atoms with van der Waals surface area (Å²) in [5.74, 6) is -0.348. The highest BCUT2D eigenvalue weighted by atomic mass is 19.1. The van der Waals surface area contributed by atoms with Crippen molar-refractivity contribution in [2.24, 2.45) is 0 Å². The maximum absolute atomic E-state index is 13.7. The molecule has 0 bridgehead atoms. The fourth-order valence-corrected chi connectivity index (χ4v) is 4.04. The van der Waals surface area contributed by atoms with E-state index in [9.17, 15) is 4.39 Å². The molecule has 33 heavy (non-hydrogen) atoms. The number of hydrogen-bond acceptors (Lipinski definition) is 7. The molecular weight excluding hydrogens is 419 g/mol. The molecule has 0 spiro atoms. The van der Waals surface area contributed by atoms with Crippen LogP contribution in [0.25, 0.3) is 44.9 Å². The average Bonchev–Trinajstić information content (AvgIpc) is 3.35. The second kappa shape index (κ2) is 7.79. The lowest BCUT2D eigenvalue weighted by molar-refractivity contribution is 0.610. The smallest absolute Gasteiger partial charge is 0.144 e. The van der Waals surface area contributed by atoms with Crippen LogP contribution in [0.2, 0.25) is 0 Å². The summed E-state index contributed by atoms with van der Waals surface area (Å²) in [5, 5.41) is 19.4. The Kier molecular flexibility index (Phi) is 4.62. The molecule has 0 atom stereocenters. The molecule has 2 N–H and O–H groups in total. The molecule has 9 heteroatoms. The van der Waals surface area contributed by atoms with Gasteiger partial charge in [-0.3, -0.25) is 10.1 Å². The van der Waals surface area contributed by atoms with Crippen LogP contribution < -0.4 is 5.32 Å². The van der Waals surface area contributed by atoms with Crippen molar-refractivity contribution in [1.82, 2.24) is 40.7 Å². The topological polar surface area (TPSA) is 105 Å². The first-order chi connectivity index (χ1) is 16.2. The van der Waals surface area contributed by atoms with Gasteiger partial charge in [-0.25, -0.2) is 14.4 Å². The zero-order valence-corrected chi connectivity index (χ0v) is 17.8. The van der Waals surface area contributed by atoms with Gasteiger partial charge >= 0.3 is 0 Å². The summed E-state index contributed by atoms with van der Waals surface area (Å²) < 4.78 is 13.7. The van der Waals surface area contributed by atoms with Gasteiger partial charge in [0.1, 0.15) is 11.5 Å². The van der Waals surface area contributed by atoms with E-state index in [0.29, 0.717) is 17.1 Å². The molecule has 0 aliphatic carbocycles. The number of pyridine rings is 3. The van der Waals surface area contributed by atoms with E-state index in [1.54, 1.807) is 25.4 Å². The van der Waals surface area contributed by atoms with Gasteiger partial charge in [0, 0.05) is 43.0 Å². The van der Waals surface area contributed by atoms with Crippen molar-refractivity contribution in [3.05, 3.63) is 71.6 Å². The largest absolute Gasteiger partial charge is 0.312 e. The maximum atomic E-state index is 13.7. The summed E-state index contributed by atoms with van der Waals surface area (Å²) >= 11 is 0. The van der Waals surface area contributed by atoms with Crippen LogP contribution in [0, 0.1) is 12.7 Å². The lowest BCUT2D eigenvalue weighted by Crippen LogP contribution is -2.25. The number of nitrogens with one attached hydrogen (secondary N) is 2. The van der Waals surface area contributed by atoms with Crippen molar-refractivity contribution in [2.75, 3.05) is 6.54 Å². The van der Waals surface area contributed by atoms with E-state index in [0.717, 1.165) is 64.3 Å². The molecule has 5 aromatic rings. The van der Waals surface area contributed by atoms with Crippen LogP contribution in [0.1, 0.15) is 17.0 Å². The maximum Gasteiger partial charge on any atom is 0.144 e. The summed E-state index contributed by atoms with van der Waals surface area (Å²) in [5.41, 5.74) is 8.36. The Hall–Kier alpha value is -4.11. The molecule has 0 saturated heterocycles. The van der Waals surface area contributed by atoms with Gasteiger partial charge in [-0.15, -0.1) is 0 Å². The fraction of sp³-hybridized carbons (Fsp3) is 0.167. The van der Waals surface area contributed by atoms with E-state index < -0.39 is 0 Å². The third kappa shape index (κ3) is 3.52. The number of aromatic nitrogens is 7. The van der Waals surface area contributed by atoms with E-state index in [-0.39, 0.29) is 5.82 Å². The monoisotopic (exact) mass is 438 g/mol. The van der Waals surface area contributed by atoms with Crippen molar-refractivity contribution >= 4 is 11.0 Å². The van der Waals surface area contributed by atoms with Crippen molar-refractivity contribution in [3.8, 4) is 33.9 Å². The minimum Gasteiger partial charge on any atom is -0.312 e. The normalized spacial score (nSPS) is 13.3. The Morgan fingerprint density at radius 2 is 1.85 bits per heavy atom. The summed E-state index contributed by atoms with van der Waals surface area (Å²) in [4.78, 5) is 13.7. The number of nitrogens with zero attached hydrogens (tertiary/aromatic N) is 6. The molecule has 5 aromatic heterocycles. The van der Waals surface area contributed by atoms with Crippen LogP contribution in [0.15, 0.2) is 48.8 Å². The zero-order valence-electron chi connectivity index (χ0n) is 17.8. The third-order valence-corrected chi connectivity index (χ3v) is 5.83. The molecule has 8 nitrogen and oxygen atoms in total. The van der Waals surface area contributed by atoms with Gasteiger partial charge in [-0.05, 0) is 48.9 Å². The summed E-state index contributed by atoms with van der Waals surface area (Å²) in [6, 6.07) is 10.9. The number of H-pyrrole nitrogens is 1. The summed E-state index contributed by atoms with van der Waals surface area (Å²) in [6.07, 6.45) is 4.45. The Morgan fingerprint density at radius 3 is 2.76 bits per heavy atom. The highest BCUT2D eigenvalue weighted by molar-refractivity contribution is 5.84. The first kappa shape index (κ1) is 19.6. The van der Waals surface area contributed by atoms with Gasteiger partial charge in [0.15, 0.2) is 0 Å². The molecule has 0 radical (unpaired) electrons. The van der Waals surface area contributed by atoms with Crippen molar-refractivity contribution in [1.29, 1.82) is 0 Å². The number of rotatable bonds is 3. The van der Waals surface area contributed by atoms with Crippen LogP contribution in [0.4, 0.5) is 4.39 Å².